The van der Waals surface area contributed by atoms with Crippen LogP contribution in [0, 0.1) is 5.41 Å². The van der Waals surface area contributed by atoms with E-state index in [9.17, 15) is 9.59 Å². The van der Waals surface area contributed by atoms with Gasteiger partial charge >= 0.3 is 0 Å². The number of hydrogen-bond acceptors (Lipinski definition) is 3. The predicted molar refractivity (Wildman–Crippen MR) is 152 cm³/mol. The minimum absolute atomic E-state index is 0.315. The summed E-state index contributed by atoms with van der Waals surface area (Å²) >= 11 is 0. The number of allylic oxidation sites excluding steroid dienone is 1. The lowest BCUT2D eigenvalue weighted by Gasteiger charge is -2.20. The maximum Gasteiger partial charge on any atom is 0.252 e. The monoisotopic (exact) mass is 487 g/mol. The van der Waals surface area contributed by atoms with Crippen LogP contribution >= 0.6 is 0 Å². The average Bonchev–Trinajstić information content (AvgIpc) is 2.93. The van der Waals surface area contributed by atoms with Gasteiger partial charge in [-0.25, -0.2) is 0 Å². The number of rotatable bonds is 8. The van der Waals surface area contributed by atoms with E-state index >= 15 is 0 Å². The second-order valence-electron chi connectivity index (χ2n) is 8.60. The van der Waals surface area contributed by atoms with Crippen molar-refractivity contribution in [1.29, 1.82) is 5.41 Å². The Morgan fingerprint density at radius 1 is 0.919 bits per heavy atom. The smallest absolute Gasteiger partial charge is 0.252 e. The van der Waals surface area contributed by atoms with Crippen LogP contribution in [0.25, 0.3) is 22.9 Å². The Morgan fingerprint density at radius 3 is 2.35 bits per heavy atom. The Bertz CT molecular complexity index is 1590. The van der Waals surface area contributed by atoms with Crippen molar-refractivity contribution in [3.8, 4) is 0 Å². The number of nitrogens with one attached hydrogen (secondary N) is 3. The Morgan fingerprint density at radius 2 is 1.65 bits per heavy atom. The van der Waals surface area contributed by atoms with E-state index in [4.69, 9.17) is 5.41 Å². The molecule has 4 aromatic carbocycles. The highest BCUT2D eigenvalue weighted by atomic mass is 16.2. The molecule has 2 amide bonds. The Hall–Kier alpha value is -4.77. The van der Waals surface area contributed by atoms with Crippen LogP contribution in [0.5, 0.6) is 0 Å². The fraction of sp³-hybridized carbons (Fsp3) is 0.0938. The third-order valence-corrected chi connectivity index (χ3v) is 6.26. The number of benzene rings is 4. The van der Waals surface area contributed by atoms with Gasteiger partial charge in [-0.2, -0.15) is 0 Å². The first-order valence-electron chi connectivity index (χ1n) is 12.1. The first-order chi connectivity index (χ1) is 18.0. The molecule has 184 valence electrons. The largest absolute Gasteiger partial charge is 0.340 e. The molecule has 3 N–H and O–H groups in total. The average molecular weight is 488 g/mol. The minimum Gasteiger partial charge on any atom is -0.340 e. The lowest BCUT2D eigenvalue weighted by atomic mass is 9.98. The van der Waals surface area contributed by atoms with Crippen LogP contribution in [0.4, 0.5) is 5.69 Å². The standard InChI is InChI=1S/C32H29N3O2/c1-3-11-26-23(4-2)14-10-17-29(26)34-32(37)30(20-22-12-6-5-7-13-22)35-31(36)28-19-18-24(21-33)25-15-8-9-16-27(25)28/h3-19,21,30,33H,1,20H2,2H3,(H,34,37)(H,35,36)/b23-4-,26-11+,33-21?/t30-/m0/s1. The fourth-order valence-corrected chi connectivity index (χ4v) is 4.41. The molecule has 4 aromatic rings. The van der Waals surface area contributed by atoms with Crippen molar-refractivity contribution in [2.45, 2.75) is 19.4 Å². The van der Waals surface area contributed by atoms with Gasteiger partial charge in [-0.1, -0.05) is 97.6 Å². The summed E-state index contributed by atoms with van der Waals surface area (Å²) in [5.41, 5.74) is 2.76. The van der Waals surface area contributed by atoms with Crippen LogP contribution in [0.1, 0.15) is 28.4 Å². The van der Waals surface area contributed by atoms with E-state index in [0.717, 1.165) is 32.3 Å². The maximum atomic E-state index is 13.6. The number of hydrogen-bond donors (Lipinski definition) is 3. The van der Waals surface area contributed by atoms with E-state index in [-0.39, 0.29) is 11.8 Å². The third-order valence-electron chi connectivity index (χ3n) is 6.26. The fourth-order valence-electron chi connectivity index (χ4n) is 4.41. The summed E-state index contributed by atoms with van der Waals surface area (Å²) in [7, 11) is 0. The predicted octanol–water partition coefficient (Wildman–Crippen LogP) is 4.58. The minimum atomic E-state index is -0.818. The van der Waals surface area contributed by atoms with E-state index in [0.29, 0.717) is 17.7 Å². The molecule has 0 aromatic heterocycles. The van der Waals surface area contributed by atoms with Crippen LogP contribution in [0.15, 0.2) is 97.6 Å². The summed E-state index contributed by atoms with van der Waals surface area (Å²) in [6, 6.07) is 25.4. The van der Waals surface area contributed by atoms with E-state index < -0.39 is 6.04 Å². The van der Waals surface area contributed by atoms with E-state index in [1.807, 2.05) is 91.9 Å². The molecule has 4 rings (SSSR count). The SMILES string of the molecule is C=C/C=c1/c(NC(=O)[C@H](Cc2ccccc2)NC(=O)c2ccc(C=N)c3ccccc23)ccc/c1=C/C. The van der Waals surface area contributed by atoms with Gasteiger partial charge in [-0.3, -0.25) is 9.59 Å². The van der Waals surface area contributed by atoms with Gasteiger partial charge in [0.25, 0.3) is 5.91 Å². The van der Waals surface area contributed by atoms with Gasteiger partial charge in [0.15, 0.2) is 0 Å². The summed E-state index contributed by atoms with van der Waals surface area (Å²) < 4.78 is 0. The molecule has 0 aliphatic rings. The molecule has 37 heavy (non-hydrogen) atoms. The zero-order chi connectivity index (χ0) is 26.2. The van der Waals surface area contributed by atoms with Gasteiger partial charge in [-0.15, -0.1) is 0 Å². The van der Waals surface area contributed by atoms with Crippen molar-refractivity contribution in [3.05, 3.63) is 125 Å². The summed E-state index contributed by atoms with van der Waals surface area (Å²) in [5.74, 6) is -0.665. The summed E-state index contributed by atoms with van der Waals surface area (Å²) in [6.45, 7) is 5.74. The van der Waals surface area contributed by atoms with Gasteiger partial charge in [0.05, 0.1) is 0 Å². The first kappa shape index (κ1) is 25.3. The number of anilines is 1. The second kappa shape index (κ2) is 11.8. The lowest BCUT2D eigenvalue weighted by Crippen LogP contribution is -2.46. The maximum absolute atomic E-state index is 13.6. The molecule has 1 atom stereocenters. The van der Waals surface area contributed by atoms with E-state index in [1.165, 1.54) is 6.21 Å². The molecule has 0 bridgehead atoms. The van der Waals surface area contributed by atoms with Crippen molar-refractivity contribution >= 4 is 46.6 Å². The van der Waals surface area contributed by atoms with Crippen LogP contribution in [-0.4, -0.2) is 24.1 Å². The quantitative estimate of drug-likeness (QED) is 0.318. The van der Waals surface area contributed by atoms with Crippen LogP contribution in [0.3, 0.4) is 0 Å². The van der Waals surface area contributed by atoms with E-state index in [2.05, 4.69) is 17.2 Å². The molecular weight excluding hydrogens is 458 g/mol. The molecule has 5 nitrogen and oxygen atoms in total. The number of carbonyl (C=O) groups excluding carboxylic acids is 2. The van der Waals surface area contributed by atoms with Crippen LogP contribution in [0.2, 0.25) is 0 Å². The first-order valence-corrected chi connectivity index (χ1v) is 12.1. The normalized spacial score (nSPS) is 12.7. The highest BCUT2D eigenvalue weighted by molar-refractivity contribution is 6.12. The van der Waals surface area contributed by atoms with Gasteiger partial charge in [0.1, 0.15) is 6.04 Å². The third kappa shape index (κ3) is 5.73. The molecule has 0 saturated carbocycles. The van der Waals surface area contributed by atoms with Gasteiger partial charge in [0.2, 0.25) is 5.91 Å². The van der Waals surface area contributed by atoms with Gasteiger partial charge in [0, 0.05) is 29.1 Å². The molecule has 0 spiro atoms. The lowest BCUT2D eigenvalue weighted by molar-refractivity contribution is -0.118. The molecule has 0 heterocycles. The van der Waals surface area contributed by atoms with Gasteiger partial charge in [-0.05, 0) is 46.2 Å². The zero-order valence-electron chi connectivity index (χ0n) is 20.7. The summed E-state index contributed by atoms with van der Waals surface area (Å²) in [5, 5.41) is 17.0. The van der Waals surface area contributed by atoms with Crippen LogP contribution in [-0.2, 0) is 11.2 Å². The van der Waals surface area contributed by atoms with Gasteiger partial charge < -0.3 is 16.0 Å². The van der Waals surface area contributed by atoms with Crippen molar-refractivity contribution < 1.29 is 9.59 Å². The zero-order valence-corrected chi connectivity index (χ0v) is 20.7. The van der Waals surface area contributed by atoms with Crippen molar-refractivity contribution in [1.82, 2.24) is 5.32 Å². The molecule has 0 aliphatic carbocycles. The van der Waals surface area contributed by atoms with E-state index in [1.54, 1.807) is 18.2 Å². The molecule has 5 heteroatoms. The number of carbonyl (C=O) groups is 2. The van der Waals surface area contributed by atoms with Crippen molar-refractivity contribution in [3.63, 3.8) is 0 Å². The Labute approximate surface area is 216 Å². The molecular formula is C32H29N3O2. The molecule has 0 saturated heterocycles. The molecule has 0 radical (unpaired) electrons. The van der Waals surface area contributed by atoms with Crippen LogP contribution < -0.4 is 21.1 Å². The second-order valence-corrected chi connectivity index (χ2v) is 8.60. The van der Waals surface area contributed by atoms with Crippen molar-refractivity contribution in [2.75, 3.05) is 5.32 Å². The highest BCUT2D eigenvalue weighted by Gasteiger charge is 2.23. The number of fused-ring (bicyclic) bond motifs is 1. The summed E-state index contributed by atoms with van der Waals surface area (Å²) in [4.78, 5) is 27.1. The van der Waals surface area contributed by atoms with Crippen molar-refractivity contribution in [2.24, 2.45) is 0 Å². The molecule has 0 unspecified atom stereocenters. The topological polar surface area (TPSA) is 82.1 Å². The molecule has 0 aliphatic heterocycles. The Kier molecular flexibility index (Phi) is 8.06. The Balaban J connectivity index is 1.70. The summed E-state index contributed by atoms with van der Waals surface area (Å²) in [6.07, 6.45) is 7.11. The molecule has 0 fully saturated rings. The highest BCUT2D eigenvalue weighted by Crippen LogP contribution is 2.22. The number of amides is 2.